The Morgan fingerprint density at radius 3 is 2.47 bits per heavy atom. The summed E-state index contributed by atoms with van der Waals surface area (Å²) in [6, 6.07) is 0.531. The van der Waals surface area contributed by atoms with Crippen molar-refractivity contribution in [2.45, 2.75) is 33.4 Å². The number of aromatic nitrogens is 2. The monoisotopic (exact) mass is 268 g/mol. The van der Waals surface area contributed by atoms with E-state index in [9.17, 15) is 0 Å². The molecule has 0 saturated carbocycles. The normalized spacial score (nSPS) is 13.3. The molecule has 1 N–H and O–H groups in total. The van der Waals surface area contributed by atoms with Crippen molar-refractivity contribution in [3.05, 3.63) is 11.3 Å². The molecule has 1 heterocycles. The van der Waals surface area contributed by atoms with Gasteiger partial charge in [0, 0.05) is 26.2 Å². The van der Waals surface area contributed by atoms with Crippen molar-refractivity contribution in [1.29, 1.82) is 0 Å². The molecule has 0 aliphatic heterocycles. The first-order chi connectivity index (χ1) is 8.88. The average molecular weight is 268 g/mol. The van der Waals surface area contributed by atoms with Crippen molar-refractivity contribution >= 4 is 0 Å². The highest BCUT2D eigenvalue weighted by atomic mass is 16.5. The van der Waals surface area contributed by atoms with Gasteiger partial charge < -0.3 is 15.0 Å². The highest BCUT2D eigenvalue weighted by Gasteiger charge is 2.17. The molecular weight excluding hydrogens is 240 g/mol. The Bertz CT molecular complexity index is 390. The molecule has 1 unspecified atom stereocenters. The van der Waals surface area contributed by atoms with Crippen LogP contribution in [0.3, 0.4) is 0 Å². The summed E-state index contributed by atoms with van der Waals surface area (Å²) in [5, 5.41) is 7.91. The maximum absolute atomic E-state index is 5.40. The van der Waals surface area contributed by atoms with Crippen molar-refractivity contribution in [3.8, 4) is 5.88 Å². The van der Waals surface area contributed by atoms with E-state index < -0.39 is 0 Å². The van der Waals surface area contributed by atoms with E-state index in [0.29, 0.717) is 12.0 Å². The predicted molar refractivity (Wildman–Crippen MR) is 78.5 cm³/mol. The zero-order chi connectivity index (χ0) is 14.6. The molecule has 110 valence electrons. The van der Waals surface area contributed by atoms with Crippen LogP contribution in [0.25, 0.3) is 0 Å². The molecule has 0 fully saturated rings. The van der Waals surface area contributed by atoms with Gasteiger partial charge in [0.25, 0.3) is 0 Å². The highest BCUT2D eigenvalue weighted by molar-refractivity contribution is 5.30. The molecule has 5 heteroatoms. The van der Waals surface area contributed by atoms with Crippen LogP contribution in [0, 0.1) is 12.8 Å². The Balaban J connectivity index is 2.62. The summed E-state index contributed by atoms with van der Waals surface area (Å²) in [6.07, 6.45) is 0. The molecule has 19 heavy (non-hydrogen) atoms. The lowest BCUT2D eigenvalue weighted by Gasteiger charge is -2.28. The lowest BCUT2D eigenvalue weighted by Crippen LogP contribution is -2.41. The maximum Gasteiger partial charge on any atom is 0.216 e. The van der Waals surface area contributed by atoms with E-state index in [1.54, 1.807) is 11.8 Å². The number of methoxy groups -OCH3 is 1. The molecule has 0 aliphatic carbocycles. The Labute approximate surface area is 116 Å². The van der Waals surface area contributed by atoms with Gasteiger partial charge in [-0.1, -0.05) is 13.8 Å². The van der Waals surface area contributed by atoms with E-state index >= 15 is 0 Å². The minimum absolute atomic E-state index is 0.531. The minimum atomic E-state index is 0.531. The molecule has 1 atom stereocenters. The number of likely N-dealkylation sites (N-methyl/N-ethyl adjacent to an activating group) is 1. The number of hydrogen-bond donors (Lipinski definition) is 1. The van der Waals surface area contributed by atoms with Crippen LogP contribution in [-0.2, 0) is 13.6 Å². The highest BCUT2D eigenvalue weighted by Crippen LogP contribution is 2.20. The first-order valence-electron chi connectivity index (χ1n) is 6.82. The van der Waals surface area contributed by atoms with Crippen molar-refractivity contribution in [2.75, 3.05) is 27.7 Å². The number of rotatable bonds is 7. The fraction of sp³-hybridized carbons (Fsp3) is 0.786. The van der Waals surface area contributed by atoms with Gasteiger partial charge in [-0.2, -0.15) is 5.10 Å². The fourth-order valence-corrected chi connectivity index (χ4v) is 2.50. The zero-order valence-corrected chi connectivity index (χ0v) is 13.3. The summed E-state index contributed by atoms with van der Waals surface area (Å²) in [4.78, 5) is 2.27. The summed E-state index contributed by atoms with van der Waals surface area (Å²) in [6.45, 7) is 8.28. The second-order valence-corrected chi connectivity index (χ2v) is 5.60. The molecule has 0 saturated heterocycles. The van der Waals surface area contributed by atoms with Gasteiger partial charge in [-0.05, 0) is 26.9 Å². The molecule has 0 aromatic carbocycles. The van der Waals surface area contributed by atoms with E-state index in [0.717, 1.165) is 30.2 Å². The van der Waals surface area contributed by atoms with Crippen LogP contribution < -0.4 is 10.1 Å². The van der Waals surface area contributed by atoms with E-state index in [4.69, 9.17) is 4.74 Å². The standard InChI is InChI=1S/C14H28N4O/c1-10(2)13(17(4)5)9-15-8-12-11(3)16-18(6)14(12)19-7/h10,13,15H,8-9H2,1-7H3. The molecule has 1 aromatic heterocycles. The maximum atomic E-state index is 5.40. The van der Waals surface area contributed by atoms with Gasteiger partial charge >= 0.3 is 0 Å². The lowest BCUT2D eigenvalue weighted by atomic mass is 10.0. The number of hydrogen-bond acceptors (Lipinski definition) is 4. The van der Waals surface area contributed by atoms with Crippen LogP contribution >= 0.6 is 0 Å². The number of aryl methyl sites for hydroxylation is 2. The predicted octanol–water partition coefficient (Wildman–Crippen LogP) is 1.41. The average Bonchev–Trinajstić information content (AvgIpc) is 2.57. The second kappa shape index (κ2) is 6.91. The van der Waals surface area contributed by atoms with Gasteiger partial charge in [-0.3, -0.25) is 0 Å². The number of nitrogens with zero attached hydrogens (tertiary/aromatic N) is 3. The number of nitrogens with one attached hydrogen (secondary N) is 1. The molecule has 0 aliphatic rings. The Hall–Kier alpha value is -1.07. The Kier molecular flexibility index (Phi) is 5.82. The summed E-state index contributed by atoms with van der Waals surface area (Å²) in [7, 11) is 7.85. The largest absolute Gasteiger partial charge is 0.481 e. The van der Waals surface area contributed by atoms with Crippen LogP contribution in [-0.4, -0.2) is 48.5 Å². The van der Waals surface area contributed by atoms with Crippen LogP contribution in [0.15, 0.2) is 0 Å². The summed E-state index contributed by atoms with van der Waals surface area (Å²) < 4.78 is 7.19. The van der Waals surface area contributed by atoms with Gasteiger partial charge in [0.1, 0.15) is 0 Å². The number of ether oxygens (including phenoxy) is 1. The molecular formula is C14H28N4O. The molecule has 1 aromatic rings. The molecule has 0 bridgehead atoms. The molecule has 0 radical (unpaired) electrons. The van der Waals surface area contributed by atoms with Crippen molar-refractivity contribution in [2.24, 2.45) is 13.0 Å². The van der Waals surface area contributed by atoms with Gasteiger partial charge in [0.15, 0.2) is 0 Å². The lowest BCUT2D eigenvalue weighted by molar-refractivity contribution is 0.224. The molecule has 1 rings (SSSR count). The molecule has 0 amide bonds. The zero-order valence-electron chi connectivity index (χ0n) is 13.3. The first kappa shape index (κ1) is 16.0. The van der Waals surface area contributed by atoms with Crippen LogP contribution in [0.4, 0.5) is 0 Å². The Morgan fingerprint density at radius 1 is 1.37 bits per heavy atom. The van der Waals surface area contributed by atoms with Gasteiger partial charge in [-0.15, -0.1) is 0 Å². The summed E-state index contributed by atoms with van der Waals surface area (Å²) in [5.41, 5.74) is 2.17. The van der Waals surface area contributed by atoms with Gasteiger partial charge in [0.2, 0.25) is 5.88 Å². The smallest absolute Gasteiger partial charge is 0.216 e. The SMILES string of the molecule is COc1c(CNCC(C(C)C)N(C)C)c(C)nn1C. The van der Waals surface area contributed by atoms with Crippen LogP contribution in [0.5, 0.6) is 5.88 Å². The van der Waals surface area contributed by atoms with Gasteiger partial charge in [0.05, 0.1) is 18.4 Å². The van der Waals surface area contributed by atoms with Crippen molar-refractivity contribution in [1.82, 2.24) is 20.0 Å². The summed E-state index contributed by atoms with van der Waals surface area (Å²) in [5.74, 6) is 1.47. The van der Waals surface area contributed by atoms with Crippen LogP contribution in [0.1, 0.15) is 25.1 Å². The minimum Gasteiger partial charge on any atom is -0.481 e. The second-order valence-electron chi connectivity index (χ2n) is 5.60. The third kappa shape index (κ3) is 3.94. The fourth-order valence-electron chi connectivity index (χ4n) is 2.50. The molecule has 0 spiro atoms. The first-order valence-corrected chi connectivity index (χ1v) is 6.82. The third-order valence-corrected chi connectivity index (χ3v) is 3.57. The topological polar surface area (TPSA) is 42.3 Å². The summed E-state index contributed by atoms with van der Waals surface area (Å²) >= 11 is 0. The van der Waals surface area contributed by atoms with Crippen molar-refractivity contribution in [3.63, 3.8) is 0 Å². The van der Waals surface area contributed by atoms with E-state index in [-0.39, 0.29) is 0 Å². The van der Waals surface area contributed by atoms with E-state index in [1.807, 2.05) is 14.0 Å². The van der Waals surface area contributed by atoms with Crippen molar-refractivity contribution < 1.29 is 4.74 Å². The Morgan fingerprint density at radius 2 is 2.00 bits per heavy atom. The third-order valence-electron chi connectivity index (χ3n) is 3.57. The van der Waals surface area contributed by atoms with E-state index in [1.165, 1.54) is 0 Å². The van der Waals surface area contributed by atoms with Gasteiger partial charge in [-0.25, -0.2) is 4.68 Å². The molecule has 5 nitrogen and oxygen atoms in total. The quantitative estimate of drug-likeness (QED) is 0.812. The van der Waals surface area contributed by atoms with Crippen LogP contribution in [0.2, 0.25) is 0 Å². The van der Waals surface area contributed by atoms with E-state index in [2.05, 4.69) is 43.3 Å².